The molecule has 1 aromatic carbocycles. The van der Waals surface area contributed by atoms with E-state index >= 15 is 0 Å². The minimum Gasteiger partial charge on any atom is -0.508 e. The number of nitrogens with one attached hydrogen (secondary N) is 2. The summed E-state index contributed by atoms with van der Waals surface area (Å²) >= 11 is 4.32. The Kier molecular flexibility index (Phi) is 11.9. The number of thiol groups is 1. The summed E-state index contributed by atoms with van der Waals surface area (Å²) in [4.78, 5) is 41.5. The summed E-state index contributed by atoms with van der Waals surface area (Å²) in [5, 5.41) is 15.6. The lowest BCUT2D eigenvalue weighted by molar-refractivity contribution is -0.142. The van der Waals surface area contributed by atoms with E-state index in [4.69, 9.17) is 4.74 Å². The number of phenolic OH excluding ortho intramolecular Hbond substituents is 1. The maximum absolute atomic E-state index is 13.8. The number of ether oxygens (including phenoxy) is 1. The maximum Gasteiger partial charge on any atom is 0.408 e. The SMILES string of the molecule is CCCCCN(C(=O)C(CS)NC(=O)OC(C)(C)C)C(C(=O)NC1CCCCC1)c1ccc(O)cc1. The van der Waals surface area contributed by atoms with Crippen molar-refractivity contribution in [3.8, 4) is 5.75 Å². The molecule has 3 amide bonds. The third-order valence-corrected chi connectivity index (χ3v) is 6.54. The van der Waals surface area contributed by atoms with Gasteiger partial charge in [0, 0.05) is 18.3 Å². The molecule has 0 saturated heterocycles. The smallest absolute Gasteiger partial charge is 0.408 e. The summed E-state index contributed by atoms with van der Waals surface area (Å²) in [6.45, 7) is 7.66. The first-order chi connectivity index (χ1) is 17.1. The van der Waals surface area contributed by atoms with Crippen LogP contribution in [0.2, 0.25) is 0 Å². The molecule has 1 aliphatic rings. The van der Waals surface area contributed by atoms with Crippen LogP contribution in [0.15, 0.2) is 24.3 Å². The molecule has 1 fully saturated rings. The number of alkyl carbamates (subject to hydrolysis) is 1. The van der Waals surface area contributed by atoms with Gasteiger partial charge in [-0.3, -0.25) is 9.59 Å². The molecule has 2 atom stereocenters. The minimum atomic E-state index is -0.966. The second-order valence-corrected chi connectivity index (χ2v) is 10.8. The number of carbonyl (C=O) groups excluding carboxylic acids is 3. The Morgan fingerprint density at radius 1 is 1.11 bits per heavy atom. The Morgan fingerprint density at radius 3 is 2.31 bits per heavy atom. The van der Waals surface area contributed by atoms with Crippen molar-refractivity contribution in [3.05, 3.63) is 29.8 Å². The topological polar surface area (TPSA) is 108 Å². The number of benzene rings is 1. The summed E-state index contributed by atoms with van der Waals surface area (Å²) in [5.41, 5.74) is -0.120. The first-order valence-corrected chi connectivity index (χ1v) is 13.7. The van der Waals surface area contributed by atoms with Gasteiger partial charge >= 0.3 is 6.09 Å². The lowest BCUT2D eigenvalue weighted by Gasteiger charge is -2.35. The van der Waals surface area contributed by atoms with Crippen LogP contribution in [-0.4, -0.2) is 57.9 Å². The van der Waals surface area contributed by atoms with Crippen LogP contribution in [0.25, 0.3) is 0 Å². The average Bonchev–Trinajstić information content (AvgIpc) is 2.82. The fourth-order valence-corrected chi connectivity index (χ4v) is 4.64. The number of hydrogen-bond acceptors (Lipinski definition) is 6. The van der Waals surface area contributed by atoms with E-state index in [1.54, 1.807) is 37.8 Å². The summed E-state index contributed by atoms with van der Waals surface area (Å²) in [5.74, 6) is -0.528. The van der Waals surface area contributed by atoms with Crippen molar-refractivity contribution in [2.75, 3.05) is 12.3 Å². The lowest BCUT2D eigenvalue weighted by atomic mass is 9.94. The highest BCUT2D eigenvalue weighted by atomic mass is 32.1. The zero-order valence-electron chi connectivity index (χ0n) is 22.1. The number of carbonyl (C=O) groups is 3. The third-order valence-electron chi connectivity index (χ3n) is 6.18. The van der Waals surface area contributed by atoms with E-state index in [-0.39, 0.29) is 23.5 Å². The van der Waals surface area contributed by atoms with Crippen molar-refractivity contribution in [2.24, 2.45) is 0 Å². The number of phenols is 1. The largest absolute Gasteiger partial charge is 0.508 e. The van der Waals surface area contributed by atoms with Crippen molar-refractivity contribution < 1.29 is 24.2 Å². The molecule has 0 heterocycles. The molecule has 0 aliphatic heterocycles. The first kappa shape index (κ1) is 29.8. The van der Waals surface area contributed by atoms with E-state index in [0.717, 1.165) is 44.9 Å². The van der Waals surface area contributed by atoms with E-state index in [0.29, 0.717) is 18.5 Å². The molecule has 8 nitrogen and oxygen atoms in total. The first-order valence-electron chi connectivity index (χ1n) is 13.1. The number of rotatable bonds is 11. The van der Waals surface area contributed by atoms with Gasteiger partial charge in [0.2, 0.25) is 11.8 Å². The monoisotopic (exact) mass is 521 g/mol. The molecule has 3 N–H and O–H groups in total. The van der Waals surface area contributed by atoms with Crippen LogP contribution in [0.3, 0.4) is 0 Å². The van der Waals surface area contributed by atoms with Crippen molar-refractivity contribution >= 4 is 30.5 Å². The molecule has 1 saturated carbocycles. The molecule has 0 aromatic heterocycles. The Labute approximate surface area is 220 Å². The highest BCUT2D eigenvalue weighted by molar-refractivity contribution is 7.80. The molecule has 1 aromatic rings. The van der Waals surface area contributed by atoms with E-state index in [9.17, 15) is 19.5 Å². The molecule has 0 radical (unpaired) electrons. The van der Waals surface area contributed by atoms with Gasteiger partial charge in [-0.15, -0.1) is 0 Å². The molecular formula is C27H43N3O5S. The molecule has 2 unspecified atom stereocenters. The zero-order valence-corrected chi connectivity index (χ0v) is 23.0. The Balaban J connectivity index is 2.37. The van der Waals surface area contributed by atoms with E-state index in [1.807, 2.05) is 0 Å². The molecule has 0 bridgehead atoms. The van der Waals surface area contributed by atoms with Gasteiger partial charge in [-0.1, -0.05) is 51.2 Å². The van der Waals surface area contributed by atoms with Crippen molar-refractivity contribution in [2.45, 2.75) is 103 Å². The minimum absolute atomic E-state index is 0.0505. The quantitative estimate of drug-likeness (QED) is 0.249. The highest BCUT2D eigenvalue weighted by Gasteiger charge is 2.36. The molecule has 202 valence electrons. The predicted octanol–water partition coefficient (Wildman–Crippen LogP) is 4.72. The van der Waals surface area contributed by atoms with Gasteiger partial charge in [0.05, 0.1) is 0 Å². The Bertz CT molecular complexity index is 850. The van der Waals surface area contributed by atoms with E-state index in [1.165, 1.54) is 12.1 Å². The maximum atomic E-state index is 13.8. The lowest BCUT2D eigenvalue weighted by Crippen LogP contribution is -2.54. The zero-order chi connectivity index (χ0) is 26.7. The second kappa shape index (κ2) is 14.4. The average molecular weight is 522 g/mol. The predicted molar refractivity (Wildman–Crippen MR) is 144 cm³/mol. The molecule has 2 rings (SSSR count). The summed E-state index contributed by atoms with van der Waals surface area (Å²) in [6.07, 6.45) is 6.96. The Hall–Kier alpha value is -2.42. The standard InChI is InChI=1S/C27H43N3O5S/c1-5-6-10-17-30(25(33)22(18-36)29-26(34)35-27(2,3)4)23(19-13-15-21(31)16-14-19)24(32)28-20-11-8-7-9-12-20/h13-16,20,22-23,31,36H,5-12,17-18H2,1-4H3,(H,28,32)(H,29,34). The van der Waals surface area contributed by atoms with Crippen molar-refractivity contribution in [1.82, 2.24) is 15.5 Å². The second-order valence-electron chi connectivity index (χ2n) is 10.5. The van der Waals surface area contributed by atoms with Gasteiger partial charge in [0.1, 0.15) is 23.4 Å². The van der Waals surface area contributed by atoms with Crippen LogP contribution < -0.4 is 10.6 Å². The van der Waals surface area contributed by atoms with Crippen LogP contribution in [0.5, 0.6) is 5.75 Å². The number of nitrogens with zero attached hydrogens (tertiary/aromatic N) is 1. The van der Waals surface area contributed by atoms with Crippen LogP contribution in [-0.2, 0) is 14.3 Å². The number of amides is 3. The fraction of sp³-hybridized carbons (Fsp3) is 0.667. The number of hydrogen-bond donors (Lipinski definition) is 4. The molecular weight excluding hydrogens is 478 g/mol. The fourth-order valence-electron chi connectivity index (χ4n) is 4.39. The van der Waals surface area contributed by atoms with Crippen LogP contribution in [0, 0.1) is 0 Å². The van der Waals surface area contributed by atoms with Gasteiger partial charge in [-0.05, 0) is 57.7 Å². The van der Waals surface area contributed by atoms with Crippen LogP contribution >= 0.6 is 12.6 Å². The molecule has 1 aliphatic carbocycles. The van der Waals surface area contributed by atoms with Gasteiger partial charge in [0.25, 0.3) is 0 Å². The summed E-state index contributed by atoms with van der Waals surface area (Å²) < 4.78 is 5.34. The van der Waals surface area contributed by atoms with Gasteiger partial charge in [-0.2, -0.15) is 12.6 Å². The third kappa shape index (κ3) is 9.56. The van der Waals surface area contributed by atoms with E-state index in [2.05, 4.69) is 30.2 Å². The van der Waals surface area contributed by atoms with Crippen molar-refractivity contribution in [3.63, 3.8) is 0 Å². The van der Waals surface area contributed by atoms with Gasteiger partial charge < -0.3 is 25.4 Å². The molecule has 0 spiro atoms. The van der Waals surface area contributed by atoms with Crippen LogP contribution in [0.4, 0.5) is 4.79 Å². The molecule has 36 heavy (non-hydrogen) atoms. The Morgan fingerprint density at radius 2 is 1.75 bits per heavy atom. The summed E-state index contributed by atoms with van der Waals surface area (Å²) in [6, 6.07) is 4.56. The number of unbranched alkanes of at least 4 members (excludes halogenated alkanes) is 2. The normalized spacial score (nSPS) is 16.0. The van der Waals surface area contributed by atoms with E-state index < -0.39 is 29.7 Å². The highest BCUT2D eigenvalue weighted by Crippen LogP contribution is 2.27. The van der Waals surface area contributed by atoms with Gasteiger partial charge in [-0.25, -0.2) is 4.79 Å². The van der Waals surface area contributed by atoms with Gasteiger partial charge in [0.15, 0.2) is 0 Å². The molecule has 9 heteroatoms. The van der Waals surface area contributed by atoms with Crippen molar-refractivity contribution in [1.29, 1.82) is 0 Å². The number of aromatic hydroxyl groups is 1. The summed E-state index contributed by atoms with van der Waals surface area (Å²) in [7, 11) is 0. The van der Waals surface area contributed by atoms with Crippen LogP contribution in [0.1, 0.15) is 90.7 Å².